The molecule has 0 radical (unpaired) electrons. The third-order valence-corrected chi connectivity index (χ3v) is 4.21. The van der Waals surface area contributed by atoms with Crippen molar-refractivity contribution in [3.63, 3.8) is 0 Å². The van der Waals surface area contributed by atoms with Gasteiger partial charge < -0.3 is 9.64 Å². The molecule has 3 rings (SSSR count). The van der Waals surface area contributed by atoms with Crippen LogP contribution < -0.4 is 9.64 Å². The van der Waals surface area contributed by atoms with Gasteiger partial charge >= 0.3 is 0 Å². The van der Waals surface area contributed by atoms with E-state index in [9.17, 15) is 24.1 Å². The quantitative estimate of drug-likeness (QED) is 0.620. The van der Waals surface area contributed by atoms with Gasteiger partial charge in [-0.15, -0.1) is 0 Å². The predicted molar refractivity (Wildman–Crippen MR) is 91.3 cm³/mol. The van der Waals surface area contributed by atoms with Gasteiger partial charge in [0.15, 0.2) is 5.78 Å². The Bertz CT molecular complexity index is 912. The zero-order valence-electron chi connectivity index (χ0n) is 13.9. The monoisotopic (exact) mass is 358 g/mol. The highest BCUT2D eigenvalue weighted by Crippen LogP contribution is 2.31. The average Bonchev–Trinajstić information content (AvgIpc) is 2.79. The van der Waals surface area contributed by atoms with Gasteiger partial charge in [0.2, 0.25) is 0 Å². The molecule has 1 heterocycles. The zero-order chi connectivity index (χ0) is 18.8. The average molecular weight is 358 g/mol. The maximum absolute atomic E-state index is 13.6. The van der Waals surface area contributed by atoms with Crippen molar-refractivity contribution in [2.75, 3.05) is 18.6 Å². The first-order chi connectivity index (χ1) is 12.4. The molecule has 0 fully saturated rings. The molecule has 1 aliphatic heterocycles. The molecule has 2 aromatic carbocycles. The molecule has 0 unspecified atom stereocenters. The second kappa shape index (κ2) is 6.91. The summed E-state index contributed by atoms with van der Waals surface area (Å²) in [6.07, 6.45) is 0.633. The number of non-ortho nitro benzene ring substituents is 1. The Morgan fingerprint density at radius 2 is 2.04 bits per heavy atom. The summed E-state index contributed by atoms with van der Waals surface area (Å²) in [5.74, 6) is -1.20. The lowest BCUT2D eigenvalue weighted by atomic mass is 10.1. The number of ketones is 1. The number of nitro benzene ring substituents is 1. The number of anilines is 1. The van der Waals surface area contributed by atoms with Crippen LogP contribution in [0.15, 0.2) is 36.4 Å². The Morgan fingerprint density at radius 3 is 2.73 bits per heavy atom. The van der Waals surface area contributed by atoms with Crippen molar-refractivity contribution in [1.29, 1.82) is 0 Å². The smallest absolute Gasteiger partial charge is 0.273 e. The van der Waals surface area contributed by atoms with Crippen LogP contribution in [0.5, 0.6) is 5.75 Å². The largest absolute Gasteiger partial charge is 0.496 e. The van der Waals surface area contributed by atoms with Crippen molar-refractivity contribution < 1.29 is 23.6 Å². The molecule has 0 saturated heterocycles. The Hall–Kier alpha value is -3.29. The lowest BCUT2D eigenvalue weighted by Crippen LogP contribution is -2.32. The maximum Gasteiger partial charge on any atom is 0.273 e. The molecule has 0 N–H and O–H groups in total. The molecule has 1 amide bonds. The van der Waals surface area contributed by atoms with Crippen molar-refractivity contribution in [1.82, 2.24) is 0 Å². The minimum absolute atomic E-state index is 0.0587. The minimum atomic E-state index is -0.584. The first-order valence-corrected chi connectivity index (χ1v) is 7.89. The molecular formula is C18H15FN2O5. The number of halogens is 1. The van der Waals surface area contributed by atoms with Crippen LogP contribution in [0.4, 0.5) is 15.8 Å². The normalized spacial score (nSPS) is 13.8. The Labute approximate surface area is 148 Å². The summed E-state index contributed by atoms with van der Waals surface area (Å²) in [5, 5.41) is 10.9. The molecular weight excluding hydrogens is 343 g/mol. The highest BCUT2D eigenvalue weighted by atomic mass is 19.1. The molecule has 0 saturated carbocycles. The van der Waals surface area contributed by atoms with Crippen LogP contribution in [-0.2, 0) is 0 Å². The van der Waals surface area contributed by atoms with Gasteiger partial charge in [0.05, 0.1) is 29.4 Å². The number of hydrogen-bond donors (Lipinski definition) is 0. The van der Waals surface area contributed by atoms with Crippen LogP contribution in [0.25, 0.3) is 0 Å². The highest BCUT2D eigenvalue weighted by molar-refractivity contribution is 6.12. The van der Waals surface area contributed by atoms with Crippen LogP contribution in [-0.4, -0.2) is 30.3 Å². The molecule has 8 heteroatoms. The Morgan fingerprint density at radius 1 is 1.27 bits per heavy atom. The summed E-state index contributed by atoms with van der Waals surface area (Å²) in [6.45, 7) is 0.267. The van der Waals surface area contributed by atoms with E-state index in [1.165, 1.54) is 42.3 Å². The fourth-order valence-electron chi connectivity index (χ4n) is 2.95. The van der Waals surface area contributed by atoms with Crippen LogP contribution in [0, 0.1) is 15.9 Å². The Kier molecular flexibility index (Phi) is 4.66. The lowest BCUT2D eigenvalue weighted by molar-refractivity contribution is -0.384. The fraction of sp³-hybridized carbons (Fsp3) is 0.222. The number of nitrogens with zero attached hydrogens (tertiary/aromatic N) is 2. The predicted octanol–water partition coefficient (Wildman–Crippen LogP) is 3.37. The minimum Gasteiger partial charge on any atom is -0.496 e. The number of amides is 1. The van der Waals surface area contributed by atoms with Crippen molar-refractivity contribution >= 4 is 23.1 Å². The molecule has 0 atom stereocenters. The number of hydrogen-bond acceptors (Lipinski definition) is 5. The van der Waals surface area contributed by atoms with Gasteiger partial charge in [-0.3, -0.25) is 19.7 Å². The van der Waals surface area contributed by atoms with Crippen molar-refractivity contribution in [2.45, 2.75) is 12.8 Å². The van der Waals surface area contributed by atoms with Crippen LogP contribution >= 0.6 is 0 Å². The lowest BCUT2D eigenvalue weighted by Gasteiger charge is -2.23. The molecule has 0 spiro atoms. The molecule has 1 aliphatic rings. The number of rotatable bonds is 3. The second-order valence-electron chi connectivity index (χ2n) is 5.79. The van der Waals surface area contributed by atoms with Gasteiger partial charge in [-0.1, -0.05) is 0 Å². The van der Waals surface area contributed by atoms with E-state index in [4.69, 9.17) is 4.74 Å². The van der Waals surface area contributed by atoms with Gasteiger partial charge in [0.1, 0.15) is 11.6 Å². The molecule has 0 bridgehead atoms. The fourth-order valence-corrected chi connectivity index (χ4v) is 2.95. The third kappa shape index (κ3) is 3.13. The van der Waals surface area contributed by atoms with Gasteiger partial charge in [-0.05, 0) is 30.7 Å². The van der Waals surface area contributed by atoms with Crippen molar-refractivity contribution in [3.05, 3.63) is 63.5 Å². The first kappa shape index (κ1) is 17.5. The Balaban J connectivity index is 2.06. The van der Waals surface area contributed by atoms with Gasteiger partial charge in [-0.25, -0.2) is 4.39 Å². The van der Waals surface area contributed by atoms with Crippen LogP contribution in [0.2, 0.25) is 0 Å². The number of carbonyl (C=O) groups excluding carboxylic acids is 2. The van der Waals surface area contributed by atoms with E-state index in [0.717, 1.165) is 6.07 Å². The van der Waals surface area contributed by atoms with E-state index in [1.54, 1.807) is 0 Å². The van der Waals surface area contributed by atoms with Gasteiger partial charge in [0, 0.05) is 24.6 Å². The number of carbonyl (C=O) groups is 2. The summed E-state index contributed by atoms with van der Waals surface area (Å²) in [5.41, 5.74) is 0.394. The maximum atomic E-state index is 13.6. The standard InChI is InChI=1S/C18H15FN2O5/c1-26-17-10-12(21(24)25)5-6-13(17)18(23)20-8-2-3-16(22)14-9-11(19)4-7-15(14)20/h4-7,9-10H,2-3,8H2,1H3. The van der Waals surface area contributed by atoms with Crippen molar-refractivity contribution in [3.8, 4) is 5.75 Å². The molecule has 2 aromatic rings. The summed E-state index contributed by atoms with van der Waals surface area (Å²) < 4.78 is 18.7. The molecule has 7 nitrogen and oxygen atoms in total. The van der Waals surface area contributed by atoms with E-state index in [-0.39, 0.29) is 41.3 Å². The zero-order valence-corrected chi connectivity index (χ0v) is 13.9. The number of methoxy groups -OCH3 is 1. The SMILES string of the molecule is COc1cc([N+](=O)[O-])ccc1C(=O)N1CCCC(=O)c2cc(F)ccc21. The van der Waals surface area contributed by atoms with Gasteiger partial charge in [0.25, 0.3) is 11.6 Å². The number of Topliss-reactive ketones (excluding diaryl/α,β-unsaturated/α-hetero) is 1. The topological polar surface area (TPSA) is 89.8 Å². The molecule has 26 heavy (non-hydrogen) atoms. The number of benzene rings is 2. The van der Waals surface area contributed by atoms with Crippen molar-refractivity contribution in [2.24, 2.45) is 0 Å². The summed E-state index contributed by atoms with van der Waals surface area (Å²) in [6, 6.07) is 7.39. The molecule has 134 valence electrons. The third-order valence-electron chi connectivity index (χ3n) is 4.21. The van der Waals surface area contributed by atoms with Gasteiger partial charge in [-0.2, -0.15) is 0 Å². The van der Waals surface area contributed by atoms with E-state index in [0.29, 0.717) is 12.1 Å². The summed E-state index contributed by atoms with van der Waals surface area (Å²) in [4.78, 5) is 36.9. The van der Waals surface area contributed by atoms with E-state index in [2.05, 4.69) is 0 Å². The molecule has 0 aliphatic carbocycles. The highest BCUT2D eigenvalue weighted by Gasteiger charge is 2.28. The second-order valence-corrected chi connectivity index (χ2v) is 5.79. The number of nitro groups is 1. The summed E-state index contributed by atoms with van der Waals surface area (Å²) >= 11 is 0. The van der Waals surface area contributed by atoms with E-state index >= 15 is 0 Å². The van der Waals surface area contributed by atoms with Crippen LogP contribution in [0.1, 0.15) is 33.6 Å². The van der Waals surface area contributed by atoms with Crippen LogP contribution in [0.3, 0.4) is 0 Å². The van der Waals surface area contributed by atoms with E-state index < -0.39 is 16.6 Å². The number of ether oxygens (including phenoxy) is 1. The molecule has 0 aromatic heterocycles. The number of fused-ring (bicyclic) bond motifs is 1. The summed E-state index contributed by atoms with van der Waals surface area (Å²) in [7, 11) is 1.31. The first-order valence-electron chi connectivity index (χ1n) is 7.89. The van der Waals surface area contributed by atoms with E-state index in [1.807, 2.05) is 0 Å².